The fourth-order valence-electron chi connectivity index (χ4n) is 2.35. The summed E-state index contributed by atoms with van der Waals surface area (Å²) in [5.41, 5.74) is 5.94. The van der Waals surface area contributed by atoms with Crippen molar-refractivity contribution in [2.45, 2.75) is 18.9 Å². The maximum absolute atomic E-state index is 13.5. The summed E-state index contributed by atoms with van der Waals surface area (Å²) in [7, 11) is -2.96. The maximum atomic E-state index is 13.5. The van der Waals surface area contributed by atoms with Gasteiger partial charge in [-0.15, -0.1) is 0 Å². The van der Waals surface area contributed by atoms with Crippen LogP contribution in [0.3, 0.4) is 0 Å². The second-order valence-corrected chi connectivity index (χ2v) is 6.98. The molecule has 0 aromatic heterocycles. The van der Waals surface area contributed by atoms with E-state index in [1.165, 1.54) is 12.1 Å². The summed E-state index contributed by atoms with van der Waals surface area (Å²) in [5, 5.41) is 0. The predicted molar refractivity (Wildman–Crippen MR) is 64.7 cm³/mol. The van der Waals surface area contributed by atoms with Gasteiger partial charge < -0.3 is 5.73 Å². The molecule has 0 radical (unpaired) electrons. The van der Waals surface area contributed by atoms with Gasteiger partial charge in [0, 0.05) is 11.6 Å². The van der Waals surface area contributed by atoms with Crippen molar-refractivity contribution in [2.24, 2.45) is 11.7 Å². The van der Waals surface area contributed by atoms with Gasteiger partial charge in [-0.2, -0.15) is 0 Å². The molecule has 2 rings (SSSR count). The van der Waals surface area contributed by atoms with Gasteiger partial charge in [-0.3, -0.25) is 0 Å². The molecule has 0 aliphatic carbocycles. The summed E-state index contributed by atoms with van der Waals surface area (Å²) in [6, 6.07) is 3.20. The van der Waals surface area contributed by atoms with E-state index in [4.69, 9.17) is 5.73 Å². The summed E-state index contributed by atoms with van der Waals surface area (Å²) in [6.07, 6.45) is 0.909. The van der Waals surface area contributed by atoms with E-state index >= 15 is 0 Å². The van der Waals surface area contributed by atoms with Gasteiger partial charge in [0.1, 0.15) is 0 Å². The largest absolute Gasteiger partial charge is 0.324 e. The fraction of sp³-hybridized carbons (Fsp3) is 0.500. The third kappa shape index (κ3) is 2.87. The van der Waals surface area contributed by atoms with Crippen LogP contribution < -0.4 is 5.73 Å². The van der Waals surface area contributed by atoms with E-state index in [0.717, 1.165) is 6.07 Å². The Kier molecular flexibility index (Phi) is 3.68. The highest BCUT2D eigenvalue weighted by molar-refractivity contribution is 7.91. The normalized spacial score (nSPS) is 24.1. The summed E-state index contributed by atoms with van der Waals surface area (Å²) in [6.45, 7) is 0. The lowest BCUT2D eigenvalue weighted by molar-refractivity contribution is 0.447. The van der Waals surface area contributed by atoms with Gasteiger partial charge in [0.2, 0.25) is 0 Å². The molecule has 3 nitrogen and oxygen atoms in total. The Hall–Kier alpha value is -1.01. The smallest absolute Gasteiger partial charge is 0.163 e. The Morgan fingerprint density at radius 2 is 2.11 bits per heavy atom. The molecule has 1 saturated heterocycles. The van der Waals surface area contributed by atoms with Crippen molar-refractivity contribution in [1.29, 1.82) is 0 Å². The van der Waals surface area contributed by atoms with Crippen LogP contribution in [0, 0.1) is 17.6 Å². The van der Waals surface area contributed by atoms with Crippen LogP contribution in [0.4, 0.5) is 8.78 Å². The van der Waals surface area contributed by atoms with E-state index in [9.17, 15) is 17.2 Å². The number of benzene rings is 1. The molecule has 1 aromatic carbocycles. The Morgan fingerprint density at radius 3 is 2.72 bits per heavy atom. The van der Waals surface area contributed by atoms with Gasteiger partial charge in [-0.05, 0) is 24.8 Å². The fourth-order valence-corrected chi connectivity index (χ4v) is 4.23. The van der Waals surface area contributed by atoms with E-state index in [1.807, 2.05) is 0 Å². The average molecular weight is 275 g/mol. The number of hydrogen-bond acceptors (Lipinski definition) is 3. The number of sulfone groups is 1. The van der Waals surface area contributed by atoms with E-state index in [2.05, 4.69) is 0 Å². The zero-order chi connectivity index (χ0) is 13.3. The molecule has 18 heavy (non-hydrogen) atoms. The van der Waals surface area contributed by atoms with Crippen molar-refractivity contribution in [3.05, 3.63) is 35.4 Å². The van der Waals surface area contributed by atoms with Crippen LogP contribution in [0.25, 0.3) is 0 Å². The first-order valence-electron chi connectivity index (χ1n) is 5.79. The molecule has 1 aliphatic rings. The molecule has 0 saturated carbocycles. The number of nitrogens with two attached hydrogens (primary N) is 1. The standard InChI is InChI=1S/C12H15F2NO2S/c13-10-3-1-2-9(12(10)14)11(15)6-8-4-5-18(16,17)7-8/h1-3,8,11H,4-7,15H2. The van der Waals surface area contributed by atoms with Crippen molar-refractivity contribution >= 4 is 9.84 Å². The molecule has 2 atom stereocenters. The van der Waals surface area contributed by atoms with Crippen LogP contribution in [0.5, 0.6) is 0 Å². The van der Waals surface area contributed by atoms with Gasteiger partial charge in [-0.25, -0.2) is 17.2 Å². The van der Waals surface area contributed by atoms with Crippen LogP contribution in [-0.4, -0.2) is 19.9 Å². The number of hydrogen-bond donors (Lipinski definition) is 1. The predicted octanol–water partition coefficient (Wildman–Crippen LogP) is 1.79. The highest BCUT2D eigenvalue weighted by Crippen LogP contribution is 2.29. The summed E-state index contributed by atoms with van der Waals surface area (Å²) in [4.78, 5) is 0. The van der Waals surface area contributed by atoms with E-state index in [0.29, 0.717) is 12.8 Å². The molecule has 2 N–H and O–H groups in total. The van der Waals surface area contributed by atoms with Gasteiger partial charge in [-0.1, -0.05) is 12.1 Å². The second-order valence-electron chi connectivity index (χ2n) is 4.75. The van der Waals surface area contributed by atoms with Crippen LogP contribution in [0.2, 0.25) is 0 Å². The highest BCUT2D eigenvalue weighted by atomic mass is 32.2. The Morgan fingerprint density at radius 1 is 1.39 bits per heavy atom. The summed E-state index contributed by atoms with van der Waals surface area (Å²) < 4.78 is 49.2. The molecule has 6 heteroatoms. The average Bonchev–Trinajstić information content (AvgIpc) is 2.62. The lowest BCUT2D eigenvalue weighted by Gasteiger charge is -2.16. The van der Waals surface area contributed by atoms with E-state index < -0.39 is 27.5 Å². The molecule has 1 heterocycles. The maximum Gasteiger partial charge on any atom is 0.163 e. The Balaban J connectivity index is 2.09. The molecule has 2 unspecified atom stereocenters. The highest BCUT2D eigenvalue weighted by Gasteiger charge is 2.30. The van der Waals surface area contributed by atoms with E-state index in [-0.39, 0.29) is 23.0 Å². The Bertz CT molecular complexity index is 545. The first-order chi connectivity index (χ1) is 8.39. The third-order valence-corrected chi connectivity index (χ3v) is 5.13. The lowest BCUT2D eigenvalue weighted by atomic mass is 9.94. The van der Waals surface area contributed by atoms with Crippen LogP contribution >= 0.6 is 0 Å². The minimum Gasteiger partial charge on any atom is -0.324 e. The van der Waals surface area contributed by atoms with Crippen LogP contribution in [-0.2, 0) is 9.84 Å². The quantitative estimate of drug-likeness (QED) is 0.915. The minimum absolute atomic E-state index is 0.0623. The van der Waals surface area contributed by atoms with Crippen molar-refractivity contribution in [3.63, 3.8) is 0 Å². The molecular weight excluding hydrogens is 260 g/mol. The number of halogens is 2. The Labute approximate surface area is 105 Å². The summed E-state index contributed by atoms with van der Waals surface area (Å²) in [5.74, 6) is -1.67. The topological polar surface area (TPSA) is 60.2 Å². The number of rotatable bonds is 3. The molecular formula is C12H15F2NO2S. The molecule has 0 bridgehead atoms. The molecule has 1 fully saturated rings. The van der Waals surface area contributed by atoms with Crippen LogP contribution in [0.1, 0.15) is 24.4 Å². The van der Waals surface area contributed by atoms with Gasteiger partial charge in [0.25, 0.3) is 0 Å². The first-order valence-corrected chi connectivity index (χ1v) is 7.61. The minimum atomic E-state index is -2.96. The lowest BCUT2D eigenvalue weighted by Crippen LogP contribution is -2.18. The molecule has 0 spiro atoms. The van der Waals surface area contributed by atoms with Crippen LogP contribution in [0.15, 0.2) is 18.2 Å². The zero-order valence-corrected chi connectivity index (χ0v) is 10.6. The van der Waals surface area contributed by atoms with Crippen molar-refractivity contribution < 1.29 is 17.2 Å². The van der Waals surface area contributed by atoms with Crippen molar-refractivity contribution in [1.82, 2.24) is 0 Å². The molecule has 1 aliphatic heterocycles. The third-order valence-electron chi connectivity index (χ3n) is 3.29. The molecule has 100 valence electrons. The van der Waals surface area contributed by atoms with Crippen molar-refractivity contribution in [2.75, 3.05) is 11.5 Å². The van der Waals surface area contributed by atoms with Gasteiger partial charge in [0.05, 0.1) is 11.5 Å². The SMILES string of the molecule is NC(CC1CCS(=O)(=O)C1)c1cccc(F)c1F. The summed E-state index contributed by atoms with van der Waals surface area (Å²) >= 11 is 0. The molecule has 0 amide bonds. The first kappa shape index (κ1) is 13.4. The molecule has 1 aromatic rings. The van der Waals surface area contributed by atoms with Crippen molar-refractivity contribution in [3.8, 4) is 0 Å². The van der Waals surface area contributed by atoms with Gasteiger partial charge >= 0.3 is 0 Å². The second kappa shape index (κ2) is 4.93. The zero-order valence-electron chi connectivity index (χ0n) is 9.77. The van der Waals surface area contributed by atoms with Gasteiger partial charge in [0.15, 0.2) is 21.5 Å². The van der Waals surface area contributed by atoms with E-state index in [1.54, 1.807) is 0 Å². The monoisotopic (exact) mass is 275 g/mol.